The summed E-state index contributed by atoms with van der Waals surface area (Å²) in [5.41, 5.74) is 1.64. The van der Waals surface area contributed by atoms with Gasteiger partial charge in [0.1, 0.15) is 11.5 Å². The number of anilines is 1. The molecule has 2 aromatic carbocycles. The predicted octanol–water partition coefficient (Wildman–Crippen LogP) is 5.32. The van der Waals surface area contributed by atoms with Crippen molar-refractivity contribution in [2.45, 2.75) is 25.0 Å². The number of thioether (sulfide) groups is 1. The number of nitrogens with zero attached hydrogens (tertiary/aromatic N) is 3. The number of thiophene rings is 1. The van der Waals surface area contributed by atoms with Crippen LogP contribution in [0.4, 0.5) is 5.69 Å². The number of benzene rings is 2. The molecule has 0 unspecified atom stereocenters. The maximum Gasteiger partial charge on any atom is 0.234 e. The molecular weight excluding hydrogens is 444 g/mol. The summed E-state index contributed by atoms with van der Waals surface area (Å²) >= 11 is 3.07. The Hall–Kier alpha value is -3.04. The molecule has 32 heavy (non-hydrogen) atoms. The zero-order valence-corrected chi connectivity index (χ0v) is 19.8. The quantitative estimate of drug-likeness (QED) is 0.335. The van der Waals surface area contributed by atoms with Crippen molar-refractivity contribution in [3.05, 3.63) is 47.8 Å². The Kier molecular flexibility index (Phi) is 6.96. The summed E-state index contributed by atoms with van der Waals surface area (Å²) in [7, 11) is 3.15. The van der Waals surface area contributed by atoms with Crippen molar-refractivity contribution < 1.29 is 14.3 Å². The van der Waals surface area contributed by atoms with Crippen LogP contribution in [0.3, 0.4) is 0 Å². The first-order chi connectivity index (χ1) is 15.6. The van der Waals surface area contributed by atoms with E-state index in [1.54, 1.807) is 43.8 Å². The molecule has 1 amide bonds. The molecular formula is C23H24N4O3S2. The van der Waals surface area contributed by atoms with Crippen LogP contribution in [0.25, 0.3) is 21.5 Å². The Balaban J connectivity index is 1.52. The molecule has 0 saturated carbocycles. The highest BCUT2D eigenvalue weighted by molar-refractivity contribution is 7.99. The summed E-state index contributed by atoms with van der Waals surface area (Å²) in [5, 5.41) is 15.8. The molecule has 4 aromatic rings. The summed E-state index contributed by atoms with van der Waals surface area (Å²) in [6.07, 6.45) is 0.938. The first-order valence-corrected chi connectivity index (χ1v) is 12.1. The van der Waals surface area contributed by atoms with E-state index in [9.17, 15) is 4.79 Å². The van der Waals surface area contributed by atoms with Crippen LogP contribution in [0.2, 0.25) is 0 Å². The molecule has 0 spiro atoms. The largest absolute Gasteiger partial charge is 0.497 e. The number of hydrogen-bond acceptors (Lipinski definition) is 7. The molecule has 0 saturated heterocycles. The van der Waals surface area contributed by atoms with Crippen LogP contribution in [-0.4, -0.2) is 40.6 Å². The van der Waals surface area contributed by atoms with Gasteiger partial charge in [-0.15, -0.1) is 21.5 Å². The van der Waals surface area contributed by atoms with Crippen molar-refractivity contribution >= 4 is 44.8 Å². The number of nitrogens with one attached hydrogen (secondary N) is 1. The lowest BCUT2D eigenvalue weighted by atomic mass is 10.1. The SMILES string of the molecule is CCCn1c(SCC(=O)Nc2cc(OC)ccc2OC)nnc1-c1csc2ccccc12. The molecule has 0 aliphatic carbocycles. The second kappa shape index (κ2) is 10.1. The zero-order chi connectivity index (χ0) is 22.5. The molecule has 0 aliphatic rings. The number of carbonyl (C=O) groups is 1. The number of fused-ring (bicyclic) bond motifs is 1. The van der Waals surface area contributed by atoms with Gasteiger partial charge in [-0.1, -0.05) is 36.9 Å². The minimum atomic E-state index is -0.157. The second-order valence-electron chi connectivity index (χ2n) is 7.01. The number of aromatic nitrogens is 3. The van der Waals surface area contributed by atoms with Crippen molar-refractivity contribution in [1.29, 1.82) is 0 Å². The molecule has 0 fully saturated rings. The van der Waals surface area contributed by atoms with Gasteiger partial charge in [0.2, 0.25) is 5.91 Å². The molecule has 9 heteroatoms. The minimum Gasteiger partial charge on any atom is -0.497 e. The van der Waals surface area contributed by atoms with E-state index in [0.717, 1.165) is 29.5 Å². The third-order valence-corrected chi connectivity index (χ3v) is 6.83. The molecule has 166 valence electrons. The topological polar surface area (TPSA) is 78.3 Å². The van der Waals surface area contributed by atoms with Gasteiger partial charge in [0.25, 0.3) is 0 Å². The van der Waals surface area contributed by atoms with E-state index < -0.39 is 0 Å². The van der Waals surface area contributed by atoms with Crippen LogP contribution < -0.4 is 14.8 Å². The molecule has 0 radical (unpaired) electrons. The predicted molar refractivity (Wildman–Crippen MR) is 130 cm³/mol. The third-order valence-electron chi connectivity index (χ3n) is 4.90. The average molecular weight is 469 g/mol. The molecule has 2 heterocycles. The molecule has 0 aliphatic heterocycles. The van der Waals surface area contributed by atoms with E-state index >= 15 is 0 Å². The van der Waals surface area contributed by atoms with Crippen LogP contribution in [0.15, 0.2) is 53.0 Å². The van der Waals surface area contributed by atoms with Gasteiger partial charge in [0.05, 0.1) is 25.7 Å². The molecule has 4 rings (SSSR count). The molecule has 1 N–H and O–H groups in total. The molecule has 7 nitrogen and oxygen atoms in total. The fraction of sp³-hybridized carbons (Fsp3) is 0.261. The number of rotatable bonds is 9. The highest BCUT2D eigenvalue weighted by atomic mass is 32.2. The summed E-state index contributed by atoms with van der Waals surface area (Å²) < 4.78 is 13.9. The average Bonchev–Trinajstić information content (AvgIpc) is 3.41. The smallest absolute Gasteiger partial charge is 0.234 e. The van der Waals surface area contributed by atoms with E-state index in [0.29, 0.717) is 17.2 Å². The van der Waals surface area contributed by atoms with E-state index in [4.69, 9.17) is 9.47 Å². The van der Waals surface area contributed by atoms with E-state index in [-0.39, 0.29) is 11.7 Å². The Morgan fingerprint density at radius 2 is 2.00 bits per heavy atom. The summed E-state index contributed by atoms with van der Waals surface area (Å²) in [6.45, 7) is 2.89. The van der Waals surface area contributed by atoms with Gasteiger partial charge in [0.15, 0.2) is 11.0 Å². The number of hydrogen-bond donors (Lipinski definition) is 1. The third kappa shape index (κ3) is 4.58. The highest BCUT2D eigenvalue weighted by Gasteiger charge is 2.18. The molecule has 2 aromatic heterocycles. The van der Waals surface area contributed by atoms with E-state index in [1.165, 1.54) is 21.8 Å². The fourth-order valence-corrected chi connectivity index (χ4v) is 5.10. The maximum atomic E-state index is 12.6. The van der Waals surface area contributed by atoms with Crippen LogP contribution >= 0.6 is 23.1 Å². The minimum absolute atomic E-state index is 0.157. The van der Waals surface area contributed by atoms with Gasteiger partial charge in [0, 0.05) is 33.6 Å². The fourth-order valence-electron chi connectivity index (χ4n) is 3.40. The van der Waals surface area contributed by atoms with Crippen molar-refractivity contribution in [2.24, 2.45) is 0 Å². The number of amides is 1. The Bertz CT molecular complexity index is 1240. The summed E-state index contributed by atoms with van der Waals surface area (Å²) in [4.78, 5) is 12.6. The van der Waals surface area contributed by atoms with Crippen LogP contribution in [0, 0.1) is 0 Å². The van der Waals surface area contributed by atoms with Crippen molar-refractivity contribution in [3.63, 3.8) is 0 Å². The Morgan fingerprint density at radius 3 is 2.78 bits per heavy atom. The summed E-state index contributed by atoms with van der Waals surface area (Å²) in [5.74, 6) is 2.10. The monoisotopic (exact) mass is 468 g/mol. The van der Waals surface area contributed by atoms with Crippen molar-refractivity contribution in [1.82, 2.24) is 14.8 Å². The number of ether oxygens (including phenoxy) is 2. The van der Waals surface area contributed by atoms with Crippen molar-refractivity contribution in [3.8, 4) is 22.9 Å². The van der Waals surface area contributed by atoms with Crippen LogP contribution in [0.5, 0.6) is 11.5 Å². The van der Waals surface area contributed by atoms with Gasteiger partial charge in [-0.2, -0.15) is 0 Å². The van der Waals surface area contributed by atoms with Gasteiger partial charge in [-0.05, 0) is 24.6 Å². The lowest BCUT2D eigenvalue weighted by molar-refractivity contribution is -0.113. The van der Waals surface area contributed by atoms with E-state index in [1.807, 2.05) is 12.1 Å². The normalized spacial score (nSPS) is 11.0. The van der Waals surface area contributed by atoms with Crippen LogP contribution in [-0.2, 0) is 11.3 Å². The van der Waals surface area contributed by atoms with Gasteiger partial charge >= 0.3 is 0 Å². The van der Waals surface area contributed by atoms with E-state index in [2.05, 4.69) is 44.5 Å². The molecule has 0 bridgehead atoms. The van der Waals surface area contributed by atoms with Gasteiger partial charge < -0.3 is 19.4 Å². The number of methoxy groups -OCH3 is 2. The van der Waals surface area contributed by atoms with Crippen molar-refractivity contribution in [2.75, 3.05) is 25.3 Å². The van der Waals surface area contributed by atoms with Crippen LogP contribution in [0.1, 0.15) is 13.3 Å². The number of carbonyl (C=O) groups excluding carboxylic acids is 1. The second-order valence-corrected chi connectivity index (χ2v) is 8.86. The first-order valence-electron chi connectivity index (χ1n) is 10.2. The zero-order valence-electron chi connectivity index (χ0n) is 18.1. The standard InChI is InChI=1S/C23H24N4O3S2/c1-4-11-27-22(17-13-31-20-8-6-5-7-16(17)20)25-26-23(27)32-14-21(28)24-18-12-15(29-2)9-10-19(18)30-3/h5-10,12-13H,4,11,14H2,1-3H3,(H,24,28). The van der Waals surface area contributed by atoms with Gasteiger partial charge in [-0.3, -0.25) is 4.79 Å². The lowest BCUT2D eigenvalue weighted by Gasteiger charge is -2.12. The lowest BCUT2D eigenvalue weighted by Crippen LogP contribution is -2.15. The Morgan fingerprint density at radius 1 is 1.16 bits per heavy atom. The Labute approximate surface area is 194 Å². The van der Waals surface area contributed by atoms with Gasteiger partial charge in [-0.25, -0.2) is 0 Å². The first kappa shape index (κ1) is 22.2. The molecule has 0 atom stereocenters. The highest BCUT2D eigenvalue weighted by Crippen LogP contribution is 2.35. The summed E-state index contributed by atoms with van der Waals surface area (Å²) in [6, 6.07) is 13.6. The maximum absolute atomic E-state index is 12.6.